The van der Waals surface area contributed by atoms with E-state index in [1.165, 1.54) is 30.3 Å². The van der Waals surface area contributed by atoms with E-state index in [1.807, 2.05) is 135 Å². The van der Waals surface area contributed by atoms with Gasteiger partial charge in [0.25, 0.3) is 0 Å². The van der Waals surface area contributed by atoms with E-state index < -0.39 is 56.3 Å². The van der Waals surface area contributed by atoms with Crippen LogP contribution in [0.1, 0.15) is 126 Å². The summed E-state index contributed by atoms with van der Waals surface area (Å²) in [5, 5.41) is 12.9. The molecule has 0 aliphatic carbocycles. The van der Waals surface area contributed by atoms with Crippen molar-refractivity contribution in [3.05, 3.63) is 192 Å². The van der Waals surface area contributed by atoms with Gasteiger partial charge in [0.2, 0.25) is 0 Å². The maximum Gasteiger partial charge on any atom is 0.149 e. The van der Waals surface area contributed by atoms with Gasteiger partial charge in [-0.2, -0.15) is 0 Å². The first kappa shape index (κ1) is 31.1. The zero-order chi connectivity index (χ0) is 60.8. The predicted molar refractivity (Wildman–Crippen MR) is 288 cm³/mol. The van der Waals surface area contributed by atoms with Crippen molar-refractivity contribution in [2.24, 2.45) is 0 Å². The maximum atomic E-state index is 12.9. The molecular formula is C64H65N3O. The van der Waals surface area contributed by atoms with Crippen molar-refractivity contribution in [1.82, 2.24) is 14.5 Å². The Kier molecular flexibility index (Phi) is 7.88. The van der Waals surface area contributed by atoms with Gasteiger partial charge in [-0.15, -0.1) is 0 Å². The molecule has 0 bridgehead atoms. The second-order valence-electron chi connectivity index (χ2n) is 20.0. The molecule has 4 nitrogen and oxygen atoms in total. The molecule has 0 saturated carbocycles. The summed E-state index contributed by atoms with van der Waals surface area (Å²) in [4.78, 5) is 10.3. The summed E-state index contributed by atoms with van der Waals surface area (Å²) in [5.41, 5.74) is 3.48. The van der Waals surface area contributed by atoms with Crippen LogP contribution in [0.3, 0.4) is 0 Å². The Balaban J connectivity index is 1.33. The van der Waals surface area contributed by atoms with E-state index in [0.29, 0.717) is 55.8 Å². The Bertz CT molecular complexity index is 3830. The fraction of sp³-hybridized carbons (Fsp3) is 0.250. The lowest BCUT2D eigenvalue weighted by Crippen LogP contribution is -2.17. The summed E-state index contributed by atoms with van der Waals surface area (Å²) in [6, 6.07) is 50.1. The zero-order valence-electron chi connectivity index (χ0n) is 54.5. The quantitative estimate of drug-likeness (QED) is 0.173. The second kappa shape index (κ2) is 17.2. The number of fused-ring (bicyclic) bond motifs is 1. The van der Waals surface area contributed by atoms with E-state index in [1.54, 1.807) is 18.3 Å². The fourth-order valence-corrected chi connectivity index (χ4v) is 8.83. The number of aromatic nitrogens is 3. The second-order valence-corrected chi connectivity index (χ2v) is 20.0. The topological polar surface area (TPSA) is 50.9 Å². The number of hydrogen-bond acceptors (Lipinski definition) is 3. The van der Waals surface area contributed by atoms with Crippen LogP contribution in [0.15, 0.2) is 170 Å². The van der Waals surface area contributed by atoms with Gasteiger partial charge in [0, 0.05) is 49.0 Å². The van der Waals surface area contributed by atoms with Gasteiger partial charge in [-0.25, -0.2) is 4.98 Å². The minimum Gasteiger partial charge on any atom is -0.507 e. The van der Waals surface area contributed by atoms with Gasteiger partial charge < -0.3 is 5.11 Å². The van der Waals surface area contributed by atoms with Crippen LogP contribution in [0.25, 0.3) is 83.9 Å². The molecule has 9 rings (SSSR count). The van der Waals surface area contributed by atoms with Gasteiger partial charge in [0.15, 0.2) is 0 Å². The standard InChI is InChI=1S/C64H65N3O/c1-61(2,3)48-28-26-42(27-29-48)44-32-33-65-55(37-44)47-35-45(41-20-15-13-16-21-41)34-46(36-47)51-24-19-25-57-58(51)66-60(53-39-50(63(7,8)9)40-54(59(53)68)64(10,11)12)67(57)56-31-30-49(62(4,5)6)38-52(56)43-22-17-14-18-23-43/h13-40,68H,1-12H3/i1D3,2D3,3D3,10D3,11D3. The molecule has 0 spiro atoms. The summed E-state index contributed by atoms with van der Waals surface area (Å²) >= 11 is 0. The highest BCUT2D eigenvalue weighted by Crippen LogP contribution is 2.46. The average molecular weight is 907 g/mol. The number of benzene rings is 7. The number of phenolic OH excluding ortho intramolecular Hbond substituents is 1. The normalized spacial score (nSPS) is 16.7. The smallest absolute Gasteiger partial charge is 0.149 e. The van der Waals surface area contributed by atoms with Crippen molar-refractivity contribution >= 4 is 11.0 Å². The number of nitrogens with zero attached hydrogens (tertiary/aromatic N) is 3. The molecule has 1 N–H and O–H groups in total. The number of para-hydroxylation sites is 1. The predicted octanol–water partition coefficient (Wildman–Crippen LogP) is 17.3. The molecule has 342 valence electrons. The highest BCUT2D eigenvalue weighted by atomic mass is 16.3. The van der Waals surface area contributed by atoms with E-state index in [0.717, 1.165) is 34.7 Å². The lowest BCUT2D eigenvalue weighted by Gasteiger charge is -2.28. The van der Waals surface area contributed by atoms with Crippen LogP contribution in [0.4, 0.5) is 0 Å². The van der Waals surface area contributed by atoms with Crippen molar-refractivity contribution in [2.75, 3.05) is 0 Å². The molecule has 68 heavy (non-hydrogen) atoms. The molecule has 0 fully saturated rings. The van der Waals surface area contributed by atoms with E-state index >= 15 is 0 Å². The number of pyridine rings is 1. The van der Waals surface area contributed by atoms with Crippen molar-refractivity contribution in [3.8, 4) is 78.6 Å². The SMILES string of the molecule is [2H]C([2H])([2H])C(C)(c1cc(C(C)(C)C)cc(-c2nc3c(-c4cc(-c5ccccc5)cc(-c5cc(-c6ccc(C(C([2H])([2H])[2H])(C([2H])([2H])[2H])C([2H])([2H])[2H])cc6)ccn5)c4)cccc3n2-c2ccc(C(C)(C)C)cc2-c2ccccc2)c1O)C([2H])([2H])[2H]. The molecule has 0 saturated heterocycles. The van der Waals surface area contributed by atoms with Gasteiger partial charge in [-0.3, -0.25) is 9.55 Å². The minimum atomic E-state index is -3.42. The third-order valence-corrected chi connectivity index (χ3v) is 12.7. The lowest BCUT2D eigenvalue weighted by molar-refractivity contribution is 0.446. The lowest BCUT2D eigenvalue weighted by atomic mass is 9.79. The highest BCUT2D eigenvalue weighted by Gasteiger charge is 2.30. The maximum absolute atomic E-state index is 12.9. The first-order chi connectivity index (χ1) is 38.4. The molecule has 0 radical (unpaired) electrons. The molecule has 9 aromatic rings. The summed E-state index contributed by atoms with van der Waals surface area (Å²) in [6.07, 6.45) is 1.62. The molecule has 0 unspecified atom stereocenters. The van der Waals surface area contributed by atoms with Crippen LogP contribution < -0.4 is 0 Å². The number of phenols is 1. The Morgan fingerprint density at radius 3 is 1.71 bits per heavy atom. The van der Waals surface area contributed by atoms with Crippen molar-refractivity contribution in [1.29, 1.82) is 0 Å². The van der Waals surface area contributed by atoms with Gasteiger partial charge >= 0.3 is 0 Å². The fourth-order valence-electron chi connectivity index (χ4n) is 8.83. The number of hydrogen-bond donors (Lipinski definition) is 1. The average Bonchev–Trinajstić information content (AvgIpc) is 1.84. The first-order valence-corrected chi connectivity index (χ1v) is 22.8. The van der Waals surface area contributed by atoms with E-state index in [9.17, 15) is 5.11 Å². The Morgan fingerprint density at radius 1 is 0.441 bits per heavy atom. The van der Waals surface area contributed by atoms with E-state index in [-0.39, 0.29) is 27.9 Å². The third kappa shape index (κ3) is 9.05. The molecular weight excluding hydrogens is 827 g/mol. The van der Waals surface area contributed by atoms with Gasteiger partial charge in [-0.1, -0.05) is 192 Å². The van der Waals surface area contributed by atoms with Gasteiger partial charge in [-0.05, 0) is 126 Å². The number of imidazole rings is 1. The molecule has 0 atom stereocenters. The molecule has 0 amide bonds. The molecule has 2 heterocycles. The monoisotopic (exact) mass is 907 g/mol. The first-order valence-electron chi connectivity index (χ1n) is 30.3. The molecule has 4 heteroatoms. The summed E-state index contributed by atoms with van der Waals surface area (Å²) in [7, 11) is 0. The van der Waals surface area contributed by atoms with Crippen LogP contribution in [0, 0.1) is 0 Å². The van der Waals surface area contributed by atoms with Crippen molar-refractivity contribution < 1.29 is 25.7 Å². The van der Waals surface area contributed by atoms with Crippen LogP contribution >= 0.6 is 0 Å². The van der Waals surface area contributed by atoms with Crippen molar-refractivity contribution in [2.45, 2.75) is 104 Å². The number of aromatic hydroxyl groups is 1. The van der Waals surface area contributed by atoms with E-state index in [4.69, 9.17) is 30.5 Å². The highest BCUT2D eigenvalue weighted by molar-refractivity contribution is 5.98. The Labute approximate surface area is 425 Å². The molecule has 2 aromatic heterocycles. The molecule has 7 aromatic carbocycles. The van der Waals surface area contributed by atoms with E-state index in [2.05, 4.69) is 32.9 Å². The molecule has 0 aliphatic rings. The van der Waals surface area contributed by atoms with Crippen LogP contribution in [-0.2, 0) is 21.7 Å². The van der Waals surface area contributed by atoms with Crippen LogP contribution in [-0.4, -0.2) is 19.6 Å². The molecule has 0 aliphatic heterocycles. The summed E-state index contributed by atoms with van der Waals surface area (Å²) in [6.45, 7) is -3.09. The van der Waals surface area contributed by atoms with Crippen LogP contribution in [0.2, 0.25) is 0 Å². The summed E-state index contributed by atoms with van der Waals surface area (Å²) in [5.74, 6) is -0.302. The number of rotatable bonds is 7. The van der Waals surface area contributed by atoms with Gasteiger partial charge in [0.1, 0.15) is 11.6 Å². The van der Waals surface area contributed by atoms with Gasteiger partial charge in [0.05, 0.1) is 28.0 Å². The van der Waals surface area contributed by atoms with Crippen LogP contribution in [0.5, 0.6) is 5.75 Å². The largest absolute Gasteiger partial charge is 0.507 e. The Hall–Kier alpha value is -7.04. The zero-order valence-corrected chi connectivity index (χ0v) is 39.5. The Morgan fingerprint density at radius 2 is 1.04 bits per heavy atom. The summed E-state index contributed by atoms with van der Waals surface area (Å²) < 4.78 is 129. The third-order valence-electron chi connectivity index (χ3n) is 12.7. The minimum absolute atomic E-state index is 0.127. The van der Waals surface area contributed by atoms with Crippen molar-refractivity contribution in [3.63, 3.8) is 0 Å².